The molecule has 0 fully saturated rings. The summed E-state index contributed by atoms with van der Waals surface area (Å²) in [5.74, 6) is 2.33. The van der Waals surface area contributed by atoms with E-state index in [1.807, 2.05) is 73.0 Å². The van der Waals surface area contributed by atoms with Crippen molar-refractivity contribution in [3.05, 3.63) is 77.5 Å². The number of nitrogens with one attached hydrogen (secondary N) is 1. The Morgan fingerprint density at radius 2 is 1.94 bits per heavy atom. The molecule has 0 spiro atoms. The molecule has 8 heteroatoms. The molecule has 3 heterocycles. The quantitative estimate of drug-likeness (QED) is 0.432. The smallest absolute Gasteiger partial charge is 0.253 e. The molecule has 4 aromatic rings. The van der Waals surface area contributed by atoms with E-state index in [4.69, 9.17) is 4.74 Å². The Morgan fingerprint density at radius 3 is 2.66 bits per heavy atom. The van der Waals surface area contributed by atoms with Gasteiger partial charge in [-0.25, -0.2) is 0 Å². The fourth-order valence-corrected chi connectivity index (χ4v) is 4.43. The molecule has 7 nitrogen and oxygen atoms in total. The van der Waals surface area contributed by atoms with Crippen molar-refractivity contribution in [2.24, 2.45) is 0 Å². The monoisotopic (exact) mass is 449 g/mol. The van der Waals surface area contributed by atoms with Crippen LogP contribution in [0.25, 0.3) is 11.3 Å². The van der Waals surface area contributed by atoms with Crippen LogP contribution >= 0.6 is 11.8 Å². The Bertz CT molecular complexity index is 1230. The predicted octanol–water partition coefficient (Wildman–Crippen LogP) is 4.37. The number of thioether (sulfide) groups is 1. The molecule has 0 aliphatic heterocycles. The van der Waals surface area contributed by atoms with Gasteiger partial charge in [-0.3, -0.25) is 9.20 Å². The van der Waals surface area contributed by atoms with E-state index in [1.54, 1.807) is 18.9 Å². The van der Waals surface area contributed by atoms with E-state index in [9.17, 15) is 4.79 Å². The van der Waals surface area contributed by atoms with E-state index in [1.165, 1.54) is 0 Å². The molecule has 3 aromatic heterocycles. The number of amides is 1. The summed E-state index contributed by atoms with van der Waals surface area (Å²) in [6.07, 6.45) is 4.75. The number of nitrogens with zero attached hydrogens (tertiary/aromatic N) is 4. The highest BCUT2D eigenvalue weighted by molar-refractivity contribution is 7.98. The molecule has 1 atom stereocenters. The van der Waals surface area contributed by atoms with E-state index in [0.717, 1.165) is 46.5 Å². The molecule has 1 unspecified atom stereocenters. The van der Waals surface area contributed by atoms with Gasteiger partial charge in [-0.1, -0.05) is 6.07 Å². The molecule has 0 saturated carbocycles. The van der Waals surface area contributed by atoms with Crippen LogP contribution in [0.4, 0.5) is 0 Å². The summed E-state index contributed by atoms with van der Waals surface area (Å²) in [5.41, 5.74) is 4.29. The third kappa shape index (κ3) is 4.23. The largest absolute Gasteiger partial charge is 0.497 e. The normalized spacial score (nSPS) is 12.1. The highest BCUT2D eigenvalue weighted by Gasteiger charge is 2.23. The van der Waals surface area contributed by atoms with E-state index in [-0.39, 0.29) is 11.9 Å². The third-order valence-electron chi connectivity index (χ3n) is 5.57. The Morgan fingerprint density at radius 1 is 1.16 bits per heavy atom. The Labute approximate surface area is 191 Å². The van der Waals surface area contributed by atoms with Crippen LogP contribution in [0.2, 0.25) is 0 Å². The first-order valence-electron chi connectivity index (χ1n) is 10.5. The number of carbonyl (C=O) groups excluding carboxylic acids is 1. The maximum Gasteiger partial charge on any atom is 0.253 e. The molecule has 0 aliphatic rings. The van der Waals surface area contributed by atoms with Gasteiger partial charge in [-0.2, -0.15) is 11.8 Å². The second-order valence-electron chi connectivity index (χ2n) is 7.61. The van der Waals surface area contributed by atoms with Gasteiger partial charge >= 0.3 is 0 Å². The van der Waals surface area contributed by atoms with Crippen LogP contribution in [0.3, 0.4) is 0 Å². The van der Waals surface area contributed by atoms with Gasteiger partial charge in [0.05, 0.1) is 18.7 Å². The second kappa shape index (κ2) is 9.48. The van der Waals surface area contributed by atoms with E-state index >= 15 is 0 Å². The van der Waals surface area contributed by atoms with Crippen molar-refractivity contribution in [2.75, 3.05) is 19.1 Å². The number of hydrogen-bond acceptors (Lipinski definition) is 5. The molecule has 0 saturated heterocycles. The number of aryl methyl sites for hydroxylation is 1. The van der Waals surface area contributed by atoms with Crippen molar-refractivity contribution in [1.29, 1.82) is 0 Å². The molecule has 1 amide bonds. The summed E-state index contributed by atoms with van der Waals surface area (Å²) in [6, 6.07) is 15.3. The Kier molecular flexibility index (Phi) is 6.50. The molecular formula is C24H27N5O2S. The highest BCUT2D eigenvalue weighted by atomic mass is 32.2. The number of pyridine rings is 1. The molecule has 1 aromatic carbocycles. The lowest BCUT2D eigenvalue weighted by atomic mass is 10.1. The molecular weight excluding hydrogens is 422 g/mol. The summed E-state index contributed by atoms with van der Waals surface area (Å²) in [7, 11) is 1.65. The van der Waals surface area contributed by atoms with Gasteiger partial charge in [0.2, 0.25) is 0 Å². The predicted molar refractivity (Wildman–Crippen MR) is 128 cm³/mol. The third-order valence-corrected chi connectivity index (χ3v) is 6.22. The summed E-state index contributed by atoms with van der Waals surface area (Å²) in [4.78, 5) is 13.4. The first-order valence-corrected chi connectivity index (χ1v) is 11.9. The Balaban J connectivity index is 1.64. The molecule has 166 valence electrons. The second-order valence-corrected chi connectivity index (χ2v) is 8.60. The average molecular weight is 450 g/mol. The maximum absolute atomic E-state index is 13.4. The van der Waals surface area contributed by atoms with Crippen LogP contribution in [0, 0.1) is 13.8 Å². The lowest BCUT2D eigenvalue weighted by molar-refractivity contribution is 0.0933. The van der Waals surface area contributed by atoms with Gasteiger partial charge in [0.1, 0.15) is 5.75 Å². The van der Waals surface area contributed by atoms with Crippen LogP contribution in [-0.2, 0) is 0 Å². The van der Waals surface area contributed by atoms with Gasteiger partial charge < -0.3 is 14.6 Å². The van der Waals surface area contributed by atoms with Crippen molar-refractivity contribution in [2.45, 2.75) is 26.3 Å². The number of carbonyl (C=O) groups is 1. The van der Waals surface area contributed by atoms with Crippen molar-refractivity contribution in [1.82, 2.24) is 24.5 Å². The minimum Gasteiger partial charge on any atom is -0.497 e. The van der Waals surface area contributed by atoms with E-state index in [2.05, 4.69) is 26.3 Å². The minimum atomic E-state index is -0.239. The number of rotatable bonds is 8. The SMILES string of the molecule is COc1ccc(-n2c(C)cc(C(=O)NC(CCSC)c3nnc4ccccn34)c2C)cc1. The number of fused-ring (bicyclic) bond motifs is 1. The molecule has 0 radical (unpaired) electrons. The van der Waals surface area contributed by atoms with Crippen molar-refractivity contribution < 1.29 is 9.53 Å². The molecule has 32 heavy (non-hydrogen) atoms. The van der Waals surface area contributed by atoms with Gasteiger partial charge in [-0.15, -0.1) is 10.2 Å². The van der Waals surface area contributed by atoms with Crippen molar-refractivity contribution in [3.63, 3.8) is 0 Å². The average Bonchev–Trinajstić information content (AvgIpc) is 3.37. The van der Waals surface area contributed by atoms with E-state index in [0.29, 0.717) is 5.56 Å². The zero-order valence-corrected chi connectivity index (χ0v) is 19.5. The number of ether oxygens (including phenoxy) is 1. The zero-order chi connectivity index (χ0) is 22.7. The van der Waals surface area contributed by atoms with Crippen LogP contribution in [0.15, 0.2) is 54.7 Å². The fraction of sp³-hybridized carbons (Fsp3) is 0.292. The summed E-state index contributed by atoms with van der Waals surface area (Å²) in [5, 5.41) is 11.8. The number of benzene rings is 1. The summed E-state index contributed by atoms with van der Waals surface area (Å²) >= 11 is 1.74. The summed E-state index contributed by atoms with van der Waals surface area (Å²) in [6.45, 7) is 3.97. The lowest BCUT2D eigenvalue weighted by Crippen LogP contribution is -2.30. The number of aromatic nitrogens is 4. The topological polar surface area (TPSA) is 73.4 Å². The van der Waals surface area contributed by atoms with Gasteiger partial charge in [-0.05, 0) is 74.7 Å². The number of hydrogen-bond donors (Lipinski definition) is 1. The molecule has 0 bridgehead atoms. The van der Waals surface area contributed by atoms with Crippen molar-refractivity contribution >= 4 is 23.3 Å². The minimum absolute atomic E-state index is 0.114. The first kappa shape index (κ1) is 22.0. The molecule has 0 aliphatic carbocycles. The maximum atomic E-state index is 13.4. The zero-order valence-electron chi connectivity index (χ0n) is 18.7. The summed E-state index contributed by atoms with van der Waals surface area (Å²) < 4.78 is 9.28. The van der Waals surface area contributed by atoms with Crippen LogP contribution in [0.5, 0.6) is 5.75 Å². The van der Waals surface area contributed by atoms with Crippen LogP contribution in [0.1, 0.15) is 40.0 Å². The Hall–Kier alpha value is -3.26. The molecule has 4 rings (SSSR count). The van der Waals surface area contributed by atoms with Gasteiger partial charge in [0.15, 0.2) is 11.5 Å². The van der Waals surface area contributed by atoms with Crippen LogP contribution in [-0.4, -0.2) is 44.2 Å². The van der Waals surface area contributed by atoms with Gasteiger partial charge in [0, 0.05) is 23.3 Å². The fourth-order valence-electron chi connectivity index (χ4n) is 3.96. The lowest BCUT2D eigenvalue weighted by Gasteiger charge is -2.17. The highest BCUT2D eigenvalue weighted by Crippen LogP contribution is 2.24. The van der Waals surface area contributed by atoms with Crippen LogP contribution < -0.4 is 10.1 Å². The van der Waals surface area contributed by atoms with E-state index < -0.39 is 0 Å². The number of methoxy groups -OCH3 is 1. The van der Waals surface area contributed by atoms with Gasteiger partial charge in [0.25, 0.3) is 5.91 Å². The standard InChI is InChI=1S/C24H27N5O2S/c1-16-15-20(17(2)29(16)18-8-10-19(31-3)11-9-18)24(30)25-21(12-14-32-4)23-27-26-22-7-5-6-13-28(22)23/h5-11,13,15,21H,12,14H2,1-4H3,(H,25,30). The first-order chi connectivity index (χ1) is 15.5. The molecule has 1 N–H and O–H groups in total. The van der Waals surface area contributed by atoms with Crippen molar-refractivity contribution in [3.8, 4) is 11.4 Å².